The second kappa shape index (κ2) is 33.6. The molecule has 1 heterocycles. The van der Waals surface area contributed by atoms with Crippen LogP contribution in [-0.4, -0.2) is 4.70 Å². The van der Waals surface area contributed by atoms with Crippen LogP contribution in [-0.2, 0) is 53.0 Å². The van der Waals surface area contributed by atoms with Crippen LogP contribution in [0.25, 0.3) is 16.9 Å². The molecule has 0 saturated carbocycles. The van der Waals surface area contributed by atoms with Crippen molar-refractivity contribution in [3.63, 3.8) is 0 Å². The Kier molecular flexibility index (Phi) is 30.3. The van der Waals surface area contributed by atoms with Gasteiger partial charge in [-0.05, 0) is 148 Å². The predicted molar refractivity (Wildman–Crippen MR) is 260 cm³/mol. The Bertz CT molecular complexity index is 1430. The normalized spacial score (nSPS) is 12.8. The Morgan fingerprint density at radius 3 is 1.08 bits per heavy atom. The molecule has 0 spiro atoms. The van der Waals surface area contributed by atoms with Gasteiger partial charge in [-0.3, -0.25) is 0 Å². The van der Waals surface area contributed by atoms with Crippen LogP contribution in [0.3, 0.4) is 0 Å². The molecule has 3 rings (SSSR count). The molecule has 0 radical (unpaired) electrons. The van der Waals surface area contributed by atoms with Crippen molar-refractivity contribution in [2.75, 3.05) is 0 Å². The Labute approximate surface area is 374 Å². The molecule has 0 N–H and O–H groups in total. The fourth-order valence-corrected chi connectivity index (χ4v) is 9.90. The number of rotatable bonds is 33. The van der Waals surface area contributed by atoms with E-state index in [1.165, 1.54) is 191 Å². The summed E-state index contributed by atoms with van der Waals surface area (Å²) in [6.45, 7) is 20.7. The summed E-state index contributed by atoms with van der Waals surface area (Å²) in [6.07, 6.45) is 38.1. The Balaban J connectivity index is 0.00000119. The third kappa shape index (κ3) is 19.3. The summed E-state index contributed by atoms with van der Waals surface area (Å²) < 4.78 is 1.62. The average Bonchev–Trinajstić information content (AvgIpc) is 3.57. The molecule has 0 saturated heterocycles. The van der Waals surface area contributed by atoms with Crippen molar-refractivity contribution >= 4 is 11.4 Å². The summed E-state index contributed by atoms with van der Waals surface area (Å²) in [7, 11) is 0. The third-order valence-corrected chi connectivity index (χ3v) is 13.6. The third-order valence-electron chi connectivity index (χ3n) is 12.2. The molecule has 0 aliphatic carbocycles. The molecule has 2 nitrogen and oxygen atoms in total. The van der Waals surface area contributed by atoms with E-state index in [9.17, 15) is 5.53 Å². The number of allylic oxidation sites excluding steroid dienone is 2. The maximum atomic E-state index is 12.4. The van der Waals surface area contributed by atoms with Gasteiger partial charge in [-0.15, -0.1) is 0 Å². The quantitative estimate of drug-likeness (QED) is 0.0388. The number of unbranched alkanes of at least 4 members (excludes halogenated alkanes) is 13. The van der Waals surface area contributed by atoms with Crippen LogP contribution in [0, 0.1) is 0 Å². The van der Waals surface area contributed by atoms with E-state index in [1.54, 1.807) is 15.8 Å². The number of hydrogen-bond donors (Lipinski definition) is 0. The SMILES string of the molecule is CCCCCc1cc(C2=CC(CCCC)=C(c3cc(CCCCC)c(CCCC)c(CCCCC)c3)[N+]2=[N-])cc(CCCCC)c1CCCC.CCC[CH2][Ni][CH2]CCC. The molecule has 0 unspecified atom stereocenters. The summed E-state index contributed by atoms with van der Waals surface area (Å²) in [4.78, 5) is 0. The topological polar surface area (TPSA) is 25.3 Å². The van der Waals surface area contributed by atoms with Gasteiger partial charge in [0.05, 0.1) is 0 Å². The molecular weight excluding hydrogens is 759 g/mol. The molecular formula is C56H94N2Ni. The summed E-state index contributed by atoms with van der Waals surface area (Å²) in [5.74, 6) is 0. The molecule has 0 bridgehead atoms. The van der Waals surface area contributed by atoms with Gasteiger partial charge in [-0.1, -0.05) is 119 Å². The van der Waals surface area contributed by atoms with Crippen LogP contribution < -0.4 is 0 Å². The second-order valence-electron chi connectivity index (χ2n) is 17.6. The summed E-state index contributed by atoms with van der Waals surface area (Å²) in [6, 6.07) is 9.93. The summed E-state index contributed by atoms with van der Waals surface area (Å²) in [5.41, 5.74) is 27.5. The van der Waals surface area contributed by atoms with Crippen molar-refractivity contribution in [2.45, 2.75) is 259 Å². The van der Waals surface area contributed by atoms with Crippen molar-refractivity contribution in [1.82, 2.24) is 0 Å². The summed E-state index contributed by atoms with van der Waals surface area (Å²) >= 11 is 1.94. The fourth-order valence-electron chi connectivity index (χ4n) is 8.47. The van der Waals surface area contributed by atoms with Gasteiger partial charge in [-0.25, -0.2) is 4.70 Å². The van der Waals surface area contributed by atoms with Crippen LogP contribution >= 0.6 is 0 Å². The molecule has 1 aliphatic rings. The van der Waals surface area contributed by atoms with E-state index in [-0.39, 0.29) is 0 Å². The molecule has 338 valence electrons. The van der Waals surface area contributed by atoms with Crippen LogP contribution in [0.1, 0.15) is 255 Å². The van der Waals surface area contributed by atoms with E-state index >= 15 is 0 Å². The Morgan fingerprint density at radius 1 is 0.390 bits per heavy atom. The van der Waals surface area contributed by atoms with Crippen molar-refractivity contribution in [3.8, 4) is 0 Å². The standard InChI is InChI=1S/C48H76N2.2C4H9.Ni/c1-8-15-22-27-38-33-43(34-39(28-23-16-9-2)45(38)31-20-13-6)47-37-42(26-19-12-5)48(50(47)49)44-35-40(29-24-17-10-3)46(32-21-14-7)41(36-44)30-25-18-11-4;2*1-3-4-2;/h33-37H,8-32H2,1-7H3;2*1,3-4H2,2H3;. The number of benzene rings is 2. The van der Waals surface area contributed by atoms with Gasteiger partial charge < -0.3 is 5.53 Å². The van der Waals surface area contributed by atoms with Gasteiger partial charge in [0.1, 0.15) is 0 Å². The van der Waals surface area contributed by atoms with E-state index in [0.29, 0.717) is 0 Å². The summed E-state index contributed by atoms with van der Waals surface area (Å²) in [5, 5.41) is 2.78. The monoisotopic (exact) mass is 853 g/mol. The van der Waals surface area contributed by atoms with Crippen molar-refractivity contribution in [1.29, 1.82) is 0 Å². The second-order valence-corrected chi connectivity index (χ2v) is 19.1. The minimum absolute atomic E-state index is 0.983. The van der Waals surface area contributed by atoms with Gasteiger partial charge in [0.25, 0.3) is 0 Å². The maximum absolute atomic E-state index is 12.4. The van der Waals surface area contributed by atoms with Crippen LogP contribution in [0.15, 0.2) is 35.9 Å². The molecule has 0 atom stereocenters. The number of aryl methyl sites for hydroxylation is 4. The molecule has 1 aliphatic heterocycles. The molecule has 3 heteroatoms. The van der Waals surface area contributed by atoms with E-state index in [0.717, 1.165) is 56.3 Å². The van der Waals surface area contributed by atoms with Crippen molar-refractivity contribution < 1.29 is 19.1 Å². The van der Waals surface area contributed by atoms with Crippen LogP contribution in [0.2, 0.25) is 10.8 Å². The van der Waals surface area contributed by atoms with Gasteiger partial charge in [0.15, 0.2) is 0 Å². The van der Waals surface area contributed by atoms with Crippen LogP contribution in [0.5, 0.6) is 0 Å². The van der Waals surface area contributed by atoms with E-state index in [4.69, 9.17) is 0 Å². The zero-order valence-electron chi connectivity index (χ0n) is 40.5. The van der Waals surface area contributed by atoms with Gasteiger partial charge >= 0.3 is 64.8 Å². The Morgan fingerprint density at radius 2 is 0.729 bits per heavy atom. The molecule has 0 aromatic heterocycles. The van der Waals surface area contributed by atoms with Gasteiger partial charge in [0, 0.05) is 22.8 Å². The first-order chi connectivity index (χ1) is 28.9. The number of hydrogen-bond acceptors (Lipinski definition) is 0. The van der Waals surface area contributed by atoms with E-state index in [1.807, 2.05) is 14.4 Å². The van der Waals surface area contributed by atoms with Crippen molar-refractivity contribution in [3.05, 3.63) is 86.0 Å². The average molecular weight is 854 g/mol. The molecule has 0 fully saturated rings. The van der Waals surface area contributed by atoms with Gasteiger partial charge in [-0.2, -0.15) is 0 Å². The first-order valence-corrected chi connectivity index (χ1v) is 27.0. The van der Waals surface area contributed by atoms with E-state index < -0.39 is 0 Å². The molecule has 2 aromatic rings. The first kappa shape index (κ1) is 53.2. The zero-order valence-corrected chi connectivity index (χ0v) is 41.5. The predicted octanol–water partition coefficient (Wildman–Crippen LogP) is 18.8. The van der Waals surface area contributed by atoms with Gasteiger partial charge in [0.2, 0.25) is 11.4 Å². The molecule has 0 amide bonds. The van der Waals surface area contributed by atoms with E-state index in [2.05, 4.69) is 92.7 Å². The fraction of sp³-hybridized carbons (Fsp3) is 0.714. The van der Waals surface area contributed by atoms with Crippen LogP contribution in [0.4, 0.5) is 0 Å². The molecule has 59 heavy (non-hydrogen) atoms. The first-order valence-electron chi connectivity index (χ1n) is 25.6. The minimum atomic E-state index is 0.983. The Hall–Kier alpha value is -1.99. The van der Waals surface area contributed by atoms with Crippen molar-refractivity contribution in [2.24, 2.45) is 0 Å². The number of nitrogens with zero attached hydrogens (tertiary/aromatic N) is 2. The molecule has 2 aromatic carbocycles. The zero-order chi connectivity index (χ0) is 43.1.